The van der Waals surface area contributed by atoms with E-state index in [1.54, 1.807) is 11.5 Å². The quantitative estimate of drug-likeness (QED) is 0.256. The average Bonchev–Trinajstić information content (AvgIpc) is 2.36. The van der Waals surface area contributed by atoms with Gasteiger partial charge in [-0.3, -0.25) is 25.1 Å². The molecule has 3 N–H and O–H groups in total. The third-order valence-electron chi connectivity index (χ3n) is 2.33. The van der Waals surface area contributed by atoms with E-state index in [-0.39, 0.29) is 5.69 Å². The fourth-order valence-corrected chi connectivity index (χ4v) is 1.33. The van der Waals surface area contributed by atoms with E-state index in [4.69, 9.17) is 5.84 Å². The molecule has 0 saturated carbocycles. The number of nitro groups is 1. The Labute approximate surface area is 96.7 Å². The summed E-state index contributed by atoms with van der Waals surface area (Å²) in [4.78, 5) is 32.5. The maximum absolute atomic E-state index is 11.5. The second-order valence-electron chi connectivity index (χ2n) is 3.41. The van der Waals surface area contributed by atoms with Crippen LogP contribution in [0.2, 0.25) is 0 Å². The van der Waals surface area contributed by atoms with Gasteiger partial charge in [-0.2, -0.15) is 0 Å². The lowest BCUT2D eigenvalue weighted by atomic mass is 9.96. The van der Waals surface area contributed by atoms with Crippen molar-refractivity contribution in [2.45, 2.75) is 12.8 Å². The smallest absolute Gasteiger partial charge is 0.288 e. The summed E-state index contributed by atoms with van der Waals surface area (Å²) in [5, 5.41) is 10.6. The number of hydrogen-bond donors (Lipinski definition) is 2. The molecule has 0 aromatic heterocycles. The Morgan fingerprint density at radius 3 is 2.65 bits per heavy atom. The van der Waals surface area contributed by atoms with Crippen LogP contribution in [0.1, 0.15) is 18.4 Å². The second-order valence-corrected chi connectivity index (χ2v) is 3.41. The first-order chi connectivity index (χ1) is 7.97. The highest BCUT2D eigenvalue weighted by molar-refractivity contribution is 6.38. The number of nitrogens with zero attached hydrogens (tertiary/aromatic N) is 1. The number of rotatable bonds is 4. The van der Waals surface area contributed by atoms with Gasteiger partial charge in [0.25, 0.3) is 5.69 Å². The van der Waals surface area contributed by atoms with Gasteiger partial charge in [0.1, 0.15) is 0 Å². The first-order valence-electron chi connectivity index (χ1n) is 4.76. The van der Waals surface area contributed by atoms with Crippen LogP contribution in [-0.2, 0) is 9.59 Å². The number of nitrogens with two attached hydrogens (primary N) is 1. The molecule has 7 heteroatoms. The van der Waals surface area contributed by atoms with Crippen LogP contribution in [0.25, 0.3) is 0 Å². The minimum atomic E-state index is -0.927. The monoisotopic (exact) mass is 237 g/mol. The van der Waals surface area contributed by atoms with Crippen LogP contribution in [-0.4, -0.2) is 16.6 Å². The fourth-order valence-electron chi connectivity index (χ4n) is 1.33. The Kier molecular flexibility index (Phi) is 3.89. The second kappa shape index (κ2) is 5.17. The van der Waals surface area contributed by atoms with E-state index in [1.165, 1.54) is 25.1 Å². The van der Waals surface area contributed by atoms with E-state index >= 15 is 0 Å². The van der Waals surface area contributed by atoms with E-state index in [0.717, 1.165) is 0 Å². The van der Waals surface area contributed by atoms with Crippen molar-refractivity contribution in [1.82, 2.24) is 5.43 Å². The third-order valence-corrected chi connectivity index (χ3v) is 2.33. The molecule has 0 aliphatic heterocycles. The van der Waals surface area contributed by atoms with Crippen molar-refractivity contribution in [3.05, 3.63) is 39.9 Å². The molecule has 0 radical (unpaired) electrons. The number of Topliss-reactive ketones (excluding diaryl/α,β-unsaturated/α-hetero) is 1. The number of carbonyl (C=O) groups is 2. The van der Waals surface area contributed by atoms with Crippen molar-refractivity contribution in [1.29, 1.82) is 0 Å². The van der Waals surface area contributed by atoms with Crippen molar-refractivity contribution in [3.63, 3.8) is 0 Å². The Bertz CT molecular complexity index is 472. The van der Waals surface area contributed by atoms with Gasteiger partial charge in [0.05, 0.1) is 4.92 Å². The lowest BCUT2D eigenvalue weighted by Crippen LogP contribution is -2.38. The van der Waals surface area contributed by atoms with E-state index in [0.29, 0.717) is 5.56 Å². The summed E-state index contributed by atoms with van der Waals surface area (Å²) < 4.78 is 0. The Hall–Kier alpha value is -2.28. The topological polar surface area (TPSA) is 115 Å². The van der Waals surface area contributed by atoms with Gasteiger partial charge in [0, 0.05) is 18.1 Å². The molecule has 1 unspecified atom stereocenters. The van der Waals surface area contributed by atoms with E-state index < -0.39 is 22.5 Å². The zero-order chi connectivity index (χ0) is 13.0. The molecule has 17 heavy (non-hydrogen) atoms. The average molecular weight is 237 g/mol. The van der Waals surface area contributed by atoms with Crippen molar-refractivity contribution in [2.24, 2.45) is 5.84 Å². The molecule has 0 heterocycles. The normalized spacial score (nSPS) is 11.6. The highest BCUT2D eigenvalue weighted by Crippen LogP contribution is 2.21. The number of nitrogens with one attached hydrogen (secondary N) is 1. The summed E-state index contributed by atoms with van der Waals surface area (Å²) in [6, 6.07) is 5.56. The molecule has 0 bridgehead atoms. The van der Waals surface area contributed by atoms with Gasteiger partial charge in [0.15, 0.2) is 0 Å². The summed E-state index contributed by atoms with van der Waals surface area (Å²) in [5.74, 6) is 2.39. The van der Waals surface area contributed by atoms with Crippen LogP contribution in [0.4, 0.5) is 5.69 Å². The molecule has 0 spiro atoms. The molecule has 1 rings (SSSR count). The zero-order valence-corrected chi connectivity index (χ0v) is 9.04. The van der Waals surface area contributed by atoms with Crippen molar-refractivity contribution in [3.8, 4) is 0 Å². The maximum atomic E-state index is 11.5. The van der Waals surface area contributed by atoms with E-state index in [2.05, 4.69) is 0 Å². The minimum Gasteiger partial charge on any atom is -0.288 e. The zero-order valence-electron chi connectivity index (χ0n) is 9.04. The molecule has 0 aliphatic rings. The number of hydrogen-bond acceptors (Lipinski definition) is 5. The van der Waals surface area contributed by atoms with E-state index in [9.17, 15) is 19.7 Å². The van der Waals surface area contributed by atoms with Crippen molar-refractivity contribution >= 4 is 17.4 Å². The van der Waals surface area contributed by atoms with E-state index in [1.807, 2.05) is 0 Å². The van der Waals surface area contributed by atoms with Crippen LogP contribution < -0.4 is 11.3 Å². The molecule has 1 aromatic carbocycles. The van der Waals surface area contributed by atoms with Crippen LogP contribution in [0.3, 0.4) is 0 Å². The van der Waals surface area contributed by atoms with Gasteiger partial charge in [-0.15, -0.1) is 0 Å². The summed E-state index contributed by atoms with van der Waals surface area (Å²) in [5.41, 5.74) is 2.00. The summed E-state index contributed by atoms with van der Waals surface area (Å²) in [6.45, 7) is 1.48. The van der Waals surface area contributed by atoms with Gasteiger partial charge >= 0.3 is 5.91 Å². The first-order valence-corrected chi connectivity index (χ1v) is 4.76. The van der Waals surface area contributed by atoms with Crippen LogP contribution in [0.5, 0.6) is 0 Å². The molecule has 7 nitrogen and oxygen atoms in total. The lowest BCUT2D eigenvalue weighted by molar-refractivity contribution is -0.384. The van der Waals surface area contributed by atoms with Crippen LogP contribution in [0.15, 0.2) is 24.3 Å². The number of non-ortho nitro benzene ring substituents is 1. The SMILES string of the molecule is CC(C(=O)C(=O)NN)c1cccc([N+](=O)[O-])c1. The van der Waals surface area contributed by atoms with Gasteiger partial charge in [0.2, 0.25) is 5.78 Å². The molecule has 0 aliphatic carbocycles. The van der Waals surface area contributed by atoms with Crippen LogP contribution >= 0.6 is 0 Å². The molecule has 1 aromatic rings. The van der Waals surface area contributed by atoms with Crippen LogP contribution in [0, 0.1) is 10.1 Å². The Morgan fingerprint density at radius 1 is 1.47 bits per heavy atom. The van der Waals surface area contributed by atoms with Crippen molar-refractivity contribution in [2.75, 3.05) is 0 Å². The predicted octanol–water partition coefficient (Wildman–Crippen LogP) is 0.257. The Balaban J connectivity index is 3.00. The lowest BCUT2D eigenvalue weighted by Gasteiger charge is -2.08. The predicted molar refractivity (Wildman–Crippen MR) is 58.8 cm³/mol. The summed E-state index contributed by atoms with van der Waals surface area (Å²) >= 11 is 0. The van der Waals surface area contributed by atoms with Gasteiger partial charge in [-0.1, -0.05) is 19.1 Å². The molecule has 1 amide bonds. The number of nitro benzene ring substituents is 1. The number of hydrazine groups is 1. The fraction of sp³-hybridized carbons (Fsp3) is 0.200. The Morgan fingerprint density at radius 2 is 2.12 bits per heavy atom. The highest BCUT2D eigenvalue weighted by Gasteiger charge is 2.23. The molecule has 0 saturated heterocycles. The molecule has 0 fully saturated rings. The molecular weight excluding hydrogens is 226 g/mol. The highest BCUT2D eigenvalue weighted by atomic mass is 16.6. The number of ketones is 1. The standard InChI is InChI=1S/C10H11N3O4/c1-6(9(14)10(15)12-11)7-3-2-4-8(5-7)13(16)17/h2-6H,11H2,1H3,(H,12,15). The third kappa shape index (κ3) is 2.85. The number of carbonyl (C=O) groups excluding carboxylic acids is 2. The number of amides is 1. The molecule has 1 atom stereocenters. The molecule has 90 valence electrons. The molecular formula is C10H11N3O4. The largest absolute Gasteiger partial charge is 0.301 e. The van der Waals surface area contributed by atoms with Crippen molar-refractivity contribution < 1.29 is 14.5 Å². The summed E-state index contributed by atoms with van der Waals surface area (Å²) in [6.07, 6.45) is 0. The van der Waals surface area contributed by atoms with Gasteiger partial charge in [-0.05, 0) is 5.56 Å². The first kappa shape index (κ1) is 12.8. The number of benzene rings is 1. The van der Waals surface area contributed by atoms with Gasteiger partial charge < -0.3 is 0 Å². The minimum absolute atomic E-state index is 0.129. The summed E-state index contributed by atoms with van der Waals surface area (Å²) in [7, 11) is 0. The van der Waals surface area contributed by atoms with Gasteiger partial charge in [-0.25, -0.2) is 5.84 Å². The maximum Gasteiger partial charge on any atom is 0.301 e.